The largest absolute Gasteiger partial charge is 0.309 e. The highest BCUT2D eigenvalue weighted by atomic mass is 14.9. The Balaban J connectivity index is 2.17. The van der Waals surface area contributed by atoms with Crippen LogP contribution >= 0.6 is 0 Å². The number of nitrogens with zero attached hydrogens (tertiary/aromatic N) is 2. The Morgan fingerprint density at radius 3 is 2.68 bits per heavy atom. The quantitative estimate of drug-likeness (QED) is 0.775. The molecule has 0 radical (unpaired) electrons. The van der Waals surface area contributed by atoms with Gasteiger partial charge in [0.05, 0.1) is 11.6 Å². The molecule has 0 fully saturated rings. The van der Waals surface area contributed by atoms with Crippen molar-refractivity contribution in [1.82, 2.24) is 15.3 Å². The zero-order chi connectivity index (χ0) is 13.1. The van der Waals surface area contributed by atoms with Crippen molar-refractivity contribution in [3.63, 3.8) is 0 Å². The van der Waals surface area contributed by atoms with Crippen LogP contribution < -0.4 is 5.32 Å². The molecule has 1 aromatic carbocycles. The van der Waals surface area contributed by atoms with Gasteiger partial charge in [-0.3, -0.25) is 9.97 Å². The molecule has 1 atom stereocenters. The van der Waals surface area contributed by atoms with Gasteiger partial charge in [-0.25, -0.2) is 0 Å². The van der Waals surface area contributed by atoms with Crippen molar-refractivity contribution >= 4 is 10.9 Å². The zero-order valence-electron chi connectivity index (χ0n) is 10.7. The normalized spacial score (nSPS) is 12.5. The third kappa shape index (κ3) is 2.20. The monoisotopic (exact) mass is 249 g/mol. The predicted molar refractivity (Wildman–Crippen MR) is 76.9 cm³/mol. The first kappa shape index (κ1) is 11.8. The highest BCUT2D eigenvalue weighted by Gasteiger charge is 2.14. The summed E-state index contributed by atoms with van der Waals surface area (Å²) in [7, 11) is 1.97. The van der Waals surface area contributed by atoms with Crippen LogP contribution in [0, 0.1) is 0 Å². The van der Waals surface area contributed by atoms with E-state index in [0.29, 0.717) is 0 Å². The summed E-state index contributed by atoms with van der Waals surface area (Å²) in [5.41, 5.74) is 3.39. The Hall–Kier alpha value is -2.26. The number of hydrogen-bond acceptors (Lipinski definition) is 3. The van der Waals surface area contributed by atoms with Gasteiger partial charge in [-0.2, -0.15) is 0 Å². The van der Waals surface area contributed by atoms with E-state index in [-0.39, 0.29) is 6.04 Å². The Labute approximate surface area is 112 Å². The van der Waals surface area contributed by atoms with Crippen LogP contribution in [-0.4, -0.2) is 17.0 Å². The minimum Gasteiger partial charge on any atom is -0.309 e. The van der Waals surface area contributed by atoms with Gasteiger partial charge >= 0.3 is 0 Å². The summed E-state index contributed by atoms with van der Waals surface area (Å²) in [6, 6.07) is 14.5. The molecule has 94 valence electrons. The number of nitrogens with one attached hydrogen (secondary N) is 1. The molecule has 2 heterocycles. The maximum atomic E-state index is 4.41. The van der Waals surface area contributed by atoms with Crippen LogP contribution in [-0.2, 0) is 0 Å². The summed E-state index contributed by atoms with van der Waals surface area (Å²) in [5.74, 6) is 0. The van der Waals surface area contributed by atoms with Gasteiger partial charge in [-0.05, 0) is 36.4 Å². The van der Waals surface area contributed by atoms with Gasteiger partial charge in [-0.15, -0.1) is 0 Å². The molecule has 0 bridgehead atoms. The maximum absolute atomic E-state index is 4.41. The summed E-state index contributed by atoms with van der Waals surface area (Å²) in [6.07, 6.45) is 5.52. The average molecular weight is 249 g/mol. The van der Waals surface area contributed by atoms with Crippen LogP contribution in [0.2, 0.25) is 0 Å². The van der Waals surface area contributed by atoms with Crippen molar-refractivity contribution in [2.24, 2.45) is 0 Å². The van der Waals surface area contributed by atoms with Crippen molar-refractivity contribution in [3.8, 4) is 0 Å². The lowest BCUT2D eigenvalue weighted by Gasteiger charge is -2.18. The average Bonchev–Trinajstić information content (AvgIpc) is 2.49. The van der Waals surface area contributed by atoms with Crippen LogP contribution in [0.4, 0.5) is 0 Å². The Morgan fingerprint density at radius 1 is 1.00 bits per heavy atom. The van der Waals surface area contributed by atoms with E-state index >= 15 is 0 Å². The smallest absolute Gasteiger partial charge is 0.0705 e. The van der Waals surface area contributed by atoms with Crippen LogP contribution in [0.25, 0.3) is 10.9 Å². The SMILES string of the molecule is CNC(c1cccnc1)c1cccc2ncccc12. The summed E-state index contributed by atoms with van der Waals surface area (Å²) in [4.78, 5) is 8.61. The Bertz CT molecular complexity index is 674. The number of hydrogen-bond donors (Lipinski definition) is 1. The van der Waals surface area contributed by atoms with Crippen molar-refractivity contribution in [2.75, 3.05) is 7.05 Å². The van der Waals surface area contributed by atoms with Gasteiger partial charge in [-0.1, -0.05) is 24.3 Å². The Kier molecular flexibility index (Phi) is 3.21. The van der Waals surface area contributed by atoms with Crippen molar-refractivity contribution in [3.05, 3.63) is 72.2 Å². The van der Waals surface area contributed by atoms with E-state index in [4.69, 9.17) is 0 Å². The highest BCUT2D eigenvalue weighted by molar-refractivity contribution is 5.82. The number of fused-ring (bicyclic) bond motifs is 1. The van der Waals surface area contributed by atoms with E-state index in [1.54, 1.807) is 6.20 Å². The lowest BCUT2D eigenvalue weighted by atomic mass is 9.96. The number of rotatable bonds is 3. The second kappa shape index (κ2) is 5.16. The summed E-state index contributed by atoms with van der Waals surface area (Å²) in [5, 5.41) is 4.53. The molecule has 2 aromatic heterocycles. The second-order valence-electron chi connectivity index (χ2n) is 4.43. The molecule has 0 spiro atoms. The molecule has 0 aliphatic heterocycles. The van der Waals surface area contributed by atoms with Gasteiger partial charge < -0.3 is 5.32 Å². The van der Waals surface area contributed by atoms with E-state index in [2.05, 4.69) is 33.5 Å². The molecule has 3 aromatic rings. The fourth-order valence-electron chi connectivity index (χ4n) is 2.43. The summed E-state index contributed by atoms with van der Waals surface area (Å²) < 4.78 is 0. The summed E-state index contributed by atoms with van der Waals surface area (Å²) >= 11 is 0. The molecule has 0 aliphatic rings. The molecule has 0 amide bonds. The molecular formula is C16H15N3. The van der Waals surface area contributed by atoms with Gasteiger partial charge in [0.15, 0.2) is 0 Å². The van der Waals surface area contributed by atoms with Gasteiger partial charge in [0, 0.05) is 24.0 Å². The van der Waals surface area contributed by atoms with Crippen LogP contribution in [0.3, 0.4) is 0 Å². The zero-order valence-corrected chi connectivity index (χ0v) is 10.7. The topological polar surface area (TPSA) is 37.8 Å². The fraction of sp³-hybridized carbons (Fsp3) is 0.125. The standard InChI is InChI=1S/C16H15N3/c1-17-16(12-5-3-9-18-11-12)14-6-2-8-15-13(14)7-4-10-19-15/h2-11,16-17H,1H3. The van der Waals surface area contributed by atoms with E-state index in [1.807, 2.05) is 43.7 Å². The first-order valence-electron chi connectivity index (χ1n) is 6.31. The first-order valence-corrected chi connectivity index (χ1v) is 6.31. The molecule has 3 nitrogen and oxygen atoms in total. The van der Waals surface area contributed by atoms with Crippen molar-refractivity contribution < 1.29 is 0 Å². The highest BCUT2D eigenvalue weighted by Crippen LogP contribution is 2.27. The maximum Gasteiger partial charge on any atom is 0.0705 e. The molecule has 1 N–H and O–H groups in total. The molecule has 19 heavy (non-hydrogen) atoms. The molecule has 3 rings (SSSR count). The van der Waals surface area contributed by atoms with Crippen LogP contribution in [0.1, 0.15) is 17.2 Å². The van der Waals surface area contributed by atoms with Gasteiger partial charge in [0.1, 0.15) is 0 Å². The minimum atomic E-state index is 0.126. The first-order chi connectivity index (χ1) is 9.40. The fourth-order valence-corrected chi connectivity index (χ4v) is 2.43. The van der Waals surface area contributed by atoms with Crippen molar-refractivity contribution in [1.29, 1.82) is 0 Å². The van der Waals surface area contributed by atoms with E-state index in [9.17, 15) is 0 Å². The number of aromatic nitrogens is 2. The third-order valence-electron chi connectivity index (χ3n) is 3.30. The van der Waals surface area contributed by atoms with Gasteiger partial charge in [0.25, 0.3) is 0 Å². The molecular weight excluding hydrogens is 234 g/mol. The molecule has 1 unspecified atom stereocenters. The Morgan fingerprint density at radius 2 is 1.89 bits per heavy atom. The second-order valence-corrected chi connectivity index (χ2v) is 4.43. The third-order valence-corrected chi connectivity index (χ3v) is 3.30. The van der Waals surface area contributed by atoms with Crippen LogP contribution in [0.15, 0.2) is 61.1 Å². The van der Waals surface area contributed by atoms with E-state index in [1.165, 1.54) is 10.9 Å². The van der Waals surface area contributed by atoms with Gasteiger partial charge in [0.2, 0.25) is 0 Å². The van der Waals surface area contributed by atoms with Crippen molar-refractivity contribution in [2.45, 2.75) is 6.04 Å². The minimum absolute atomic E-state index is 0.126. The predicted octanol–water partition coefficient (Wildman–Crippen LogP) is 2.94. The summed E-state index contributed by atoms with van der Waals surface area (Å²) in [6.45, 7) is 0. The number of pyridine rings is 2. The van der Waals surface area contributed by atoms with E-state index in [0.717, 1.165) is 11.1 Å². The van der Waals surface area contributed by atoms with Crippen LogP contribution in [0.5, 0.6) is 0 Å². The number of benzene rings is 1. The molecule has 3 heteroatoms. The lowest BCUT2D eigenvalue weighted by molar-refractivity contribution is 0.693. The molecule has 0 saturated carbocycles. The molecule has 0 saturated heterocycles. The molecule has 0 aliphatic carbocycles. The lowest BCUT2D eigenvalue weighted by Crippen LogP contribution is -2.18. The van der Waals surface area contributed by atoms with E-state index < -0.39 is 0 Å².